The molecule has 1 atom stereocenters. The highest BCUT2D eigenvalue weighted by Crippen LogP contribution is 2.40. The first-order chi connectivity index (χ1) is 4.12. The predicted octanol–water partition coefficient (Wildman–Crippen LogP) is 0.407. The van der Waals surface area contributed by atoms with Crippen molar-refractivity contribution in [1.29, 1.82) is 0 Å². The zero-order valence-corrected chi connectivity index (χ0v) is 6.01. The monoisotopic (exact) mass is 152 g/mol. The summed E-state index contributed by atoms with van der Waals surface area (Å²) in [5.41, 5.74) is 0. The van der Waals surface area contributed by atoms with Crippen LogP contribution in [0.2, 0.25) is 0 Å². The van der Waals surface area contributed by atoms with E-state index in [-0.39, 0.29) is 12.6 Å². The maximum atomic E-state index is 10.5. The second kappa shape index (κ2) is 3.77. The minimum atomic E-state index is -3.42. The number of rotatable bonds is 4. The van der Waals surface area contributed by atoms with Gasteiger partial charge in [-0.3, -0.25) is 4.57 Å². The van der Waals surface area contributed by atoms with Gasteiger partial charge in [-0.15, -0.1) is 0 Å². The third kappa shape index (κ3) is 4.33. The summed E-state index contributed by atoms with van der Waals surface area (Å²) in [5.74, 6) is 0. The number of hydrogen-bond acceptors (Lipinski definition) is 3. The molecule has 54 valence electrons. The number of hydrogen-bond donors (Lipinski definition) is 1. The van der Waals surface area contributed by atoms with Crippen molar-refractivity contribution in [3.05, 3.63) is 0 Å². The van der Waals surface area contributed by atoms with Crippen LogP contribution < -0.4 is 0 Å². The van der Waals surface area contributed by atoms with Gasteiger partial charge in [0.2, 0.25) is 0 Å². The van der Waals surface area contributed by atoms with Gasteiger partial charge in [-0.25, -0.2) is 0 Å². The Morgan fingerprint density at radius 2 is 2.33 bits per heavy atom. The van der Waals surface area contributed by atoms with Gasteiger partial charge in [0.15, 0.2) is 0 Å². The van der Waals surface area contributed by atoms with E-state index < -0.39 is 7.60 Å². The van der Waals surface area contributed by atoms with Crippen molar-refractivity contribution >= 4 is 13.9 Å². The molecule has 0 bridgehead atoms. The molecule has 5 heteroatoms. The fourth-order valence-corrected chi connectivity index (χ4v) is 0.921. The van der Waals surface area contributed by atoms with Crippen LogP contribution in [0, 0.1) is 0 Å². The van der Waals surface area contributed by atoms with Crippen molar-refractivity contribution in [2.45, 2.75) is 6.42 Å². The van der Waals surface area contributed by atoms with E-state index >= 15 is 0 Å². The van der Waals surface area contributed by atoms with E-state index in [1.165, 1.54) is 0 Å². The lowest BCUT2D eigenvalue weighted by Gasteiger charge is -2.04. The van der Waals surface area contributed by atoms with E-state index in [1.807, 2.05) is 0 Å². The molecule has 0 aromatic carbocycles. The Labute approximate surface area is 53.4 Å². The molecule has 0 saturated heterocycles. The van der Waals surface area contributed by atoms with Crippen LogP contribution in [0.5, 0.6) is 0 Å². The van der Waals surface area contributed by atoms with Gasteiger partial charge in [0.25, 0.3) is 0 Å². The number of carbonyl (C=O) groups excluding carboxylic acids is 1. The Hall–Kier alpha value is -0.180. The summed E-state index contributed by atoms with van der Waals surface area (Å²) < 4.78 is 14.7. The van der Waals surface area contributed by atoms with Gasteiger partial charge >= 0.3 is 7.60 Å². The molecule has 0 aliphatic heterocycles. The highest BCUT2D eigenvalue weighted by Gasteiger charge is 2.14. The molecule has 0 saturated carbocycles. The fraction of sp³-hybridized carbons (Fsp3) is 0.750. The Kier molecular flexibility index (Phi) is 3.70. The smallest absolute Gasteiger partial charge is 0.324 e. The van der Waals surface area contributed by atoms with E-state index in [0.29, 0.717) is 6.29 Å². The van der Waals surface area contributed by atoms with E-state index in [9.17, 15) is 9.36 Å². The molecule has 9 heavy (non-hydrogen) atoms. The predicted molar refractivity (Wildman–Crippen MR) is 32.4 cm³/mol. The van der Waals surface area contributed by atoms with Crippen molar-refractivity contribution in [1.82, 2.24) is 0 Å². The lowest BCUT2D eigenvalue weighted by molar-refractivity contribution is -0.107. The summed E-state index contributed by atoms with van der Waals surface area (Å²) in [4.78, 5) is 18.3. The summed E-state index contributed by atoms with van der Waals surface area (Å²) in [5, 5.41) is 0. The maximum Gasteiger partial charge on any atom is 0.328 e. The summed E-state index contributed by atoms with van der Waals surface area (Å²) >= 11 is 0. The quantitative estimate of drug-likeness (QED) is 0.468. The zero-order chi connectivity index (χ0) is 7.33. The Bertz CT molecular complexity index is 133. The van der Waals surface area contributed by atoms with Crippen LogP contribution in [0.15, 0.2) is 0 Å². The molecule has 0 rings (SSSR count). The van der Waals surface area contributed by atoms with Gasteiger partial charge < -0.3 is 14.2 Å². The lowest BCUT2D eigenvalue weighted by Crippen LogP contribution is -1.90. The van der Waals surface area contributed by atoms with Crippen LogP contribution in [0.3, 0.4) is 0 Å². The molecule has 4 nitrogen and oxygen atoms in total. The molecular weight excluding hydrogens is 143 g/mol. The molecule has 0 aromatic rings. The first-order valence-electron chi connectivity index (χ1n) is 2.43. The molecule has 1 unspecified atom stereocenters. The van der Waals surface area contributed by atoms with Crippen molar-refractivity contribution in [3.63, 3.8) is 0 Å². The average molecular weight is 152 g/mol. The first-order valence-corrected chi connectivity index (χ1v) is 4.20. The van der Waals surface area contributed by atoms with Crippen LogP contribution in [0.4, 0.5) is 0 Å². The third-order valence-electron chi connectivity index (χ3n) is 0.815. The van der Waals surface area contributed by atoms with Crippen LogP contribution in [0.25, 0.3) is 0 Å². The Morgan fingerprint density at radius 3 is 2.67 bits per heavy atom. The van der Waals surface area contributed by atoms with E-state index in [4.69, 9.17) is 4.89 Å². The topological polar surface area (TPSA) is 63.6 Å². The number of aldehydes is 1. The van der Waals surface area contributed by atoms with Gasteiger partial charge in [-0.2, -0.15) is 0 Å². The molecule has 0 fully saturated rings. The Balaban J connectivity index is 3.58. The molecule has 0 amide bonds. The van der Waals surface area contributed by atoms with Crippen molar-refractivity contribution in [2.24, 2.45) is 0 Å². The largest absolute Gasteiger partial charge is 0.328 e. The third-order valence-corrected chi connectivity index (χ3v) is 2.21. The number of carbonyl (C=O) groups is 1. The van der Waals surface area contributed by atoms with E-state index in [1.54, 1.807) is 0 Å². The lowest BCUT2D eigenvalue weighted by atomic mass is 10.6. The normalized spacial score (nSPS) is 16.7. The van der Waals surface area contributed by atoms with Crippen molar-refractivity contribution in [3.8, 4) is 0 Å². The molecular formula is C4H9O4P. The van der Waals surface area contributed by atoms with Gasteiger partial charge in [0, 0.05) is 13.5 Å². The average Bonchev–Trinajstić information content (AvgIpc) is 1.84. The minimum Gasteiger partial charge on any atom is -0.324 e. The van der Waals surface area contributed by atoms with E-state index in [0.717, 1.165) is 7.11 Å². The second-order valence-electron chi connectivity index (χ2n) is 1.50. The molecule has 0 aliphatic carbocycles. The molecule has 0 heterocycles. The summed E-state index contributed by atoms with van der Waals surface area (Å²) in [7, 11) is -2.28. The SMILES string of the molecule is COP(=O)(O)CCC=O. The van der Waals surface area contributed by atoms with Crippen LogP contribution in [-0.4, -0.2) is 24.5 Å². The highest BCUT2D eigenvalue weighted by atomic mass is 31.2. The van der Waals surface area contributed by atoms with Crippen molar-refractivity contribution < 1.29 is 18.8 Å². The van der Waals surface area contributed by atoms with Gasteiger partial charge in [0.05, 0.1) is 6.16 Å². The van der Waals surface area contributed by atoms with Gasteiger partial charge in [0.1, 0.15) is 6.29 Å². The molecule has 0 spiro atoms. The summed E-state index contributed by atoms with van der Waals surface area (Å²) in [6, 6.07) is 0. The van der Waals surface area contributed by atoms with Crippen molar-refractivity contribution in [2.75, 3.05) is 13.3 Å². The summed E-state index contributed by atoms with van der Waals surface area (Å²) in [6.07, 6.45) is 0.566. The van der Waals surface area contributed by atoms with Gasteiger partial charge in [-0.05, 0) is 0 Å². The zero-order valence-electron chi connectivity index (χ0n) is 5.11. The summed E-state index contributed by atoms with van der Waals surface area (Å²) in [6.45, 7) is 0. The van der Waals surface area contributed by atoms with Crippen LogP contribution >= 0.6 is 7.60 Å². The standard InChI is InChI=1S/C4H9O4P/c1-8-9(6,7)4-2-3-5/h3H,2,4H2,1H3,(H,6,7). The molecule has 0 aromatic heterocycles. The van der Waals surface area contributed by atoms with Crippen LogP contribution in [0.1, 0.15) is 6.42 Å². The molecule has 1 N–H and O–H groups in total. The van der Waals surface area contributed by atoms with Crippen LogP contribution in [-0.2, 0) is 13.9 Å². The molecule has 0 aliphatic rings. The highest BCUT2D eigenvalue weighted by molar-refractivity contribution is 7.52. The first kappa shape index (κ1) is 8.82. The fourth-order valence-electron chi connectivity index (χ4n) is 0.307. The molecule has 0 radical (unpaired) electrons. The second-order valence-corrected chi connectivity index (χ2v) is 3.59. The van der Waals surface area contributed by atoms with Gasteiger partial charge in [-0.1, -0.05) is 0 Å². The Morgan fingerprint density at radius 1 is 1.78 bits per heavy atom. The van der Waals surface area contributed by atoms with E-state index in [2.05, 4.69) is 4.52 Å². The minimum absolute atomic E-state index is 0.0710. The maximum absolute atomic E-state index is 10.5.